The Labute approximate surface area is 70.2 Å². The van der Waals surface area contributed by atoms with E-state index in [9.17, 15) is 9.59 Å². The zero-order valence-electron chi connectivity index (χ0n) is 7.07. The van der Waals surface area contributed by atoms with Crippen LogP contribution in [0.1, 0.15) is 20.3 Å². The minimum absolute atomic E-state index is 0.0377. The highest BCUT2D eigenvalue weighted by Crippen LogP contribution is 2.59. The third kappa shape index (κ3) is 1.29. The van der Waals surface area contributed by atoms with Gasteiger partial charge >= 0.3 is 11.9 Å². The predicted octanol–water partition coefficient (Wildman–Crippen LogP) is 0.818. The van der Waals surface area contributed by atoms with E-state index in [4.69, 9.17) is 10.2 Å². The van der Waals surface area contributed by atoms with Crippen molar-refractivity contribution in [3.8, 4) is 0 Å². The summed E-state index contributed by atoms with van der Waals surface area (Å²) in [6.07, 6.45) is -0.0377. The van der Waals surface area contributed by atoms with Crippen molar-refractivity contribution in [1.82, 2.24) is 0 Å². The van der Waals surface area contributed by atoms with Crippen molar-refractivity contribution in [1.29, 1.82) is 0 Å². The summed E-state index contributed by atoms with van der Waals surface area (Å²) in [5.41, 5.74) is -0.343. The molecule has 68 valence electrons. The zero-order chi connectivity index (χ0) is 9.52. The highest BCUT2D eigenvalue weighted by atomic mass is 16.4. The van der Waals surface area contributed by atoms with Crippen LogP contribution in [0.25, 0.3) is 0 Å². The van der Waals surface area contributed by atoms with Crippen LogP contribution >= 0.6 is 0 Å². The first-order chi connectivity index (χ1) is 5.37. The molecular formula is C8H12O4. The lowest BCUT2D eigenvalue weighted by molar-refractivity contribution is -0.139. The van der Waals surface area contributed by atoms with Crippen LogP contribution in [0.3, 0.4) is 0 Å². The molecule has 1 saturated carbocycles. The molecule has 0 radical (unpaired) electrons. The maximum Gasteiger partial charge on any atom is 0.307 e. The first kappa shape index (κ1) is 9.03. The van der Waals surface area contributed by atoms with Gasteiger partial charge in [-0.3, -0.25) is 9.59 Å². The predicted molar refractivity (Wildman–Crippen MR) is 40.6 cm³/mol. The van der Waals surface area contributed by atoms with E-state index in [-0.39, 0.29) is 17.8 Å². The molecule has 2 atom stereocenters. The van der Waals surface area contributed by atoms with E-state index in [0.29, 0.717) is 0 Å². The highest BCUT2D eigenvalue weighted by molar-refractivity contribution is 5.78. The molecular weight excluding hydrogens is 160 g/mol. The molecule has 0 saturated heterocycles. The van der Waals surface area contributed by atoms with Gasteiger partial charge in [-0.15, -0.1) is 0 Å². The molecule has 1 aliphatic carbocycles. The topological polar surface area (TPSA) is 74.6 Å². The van der Waals surface area contributed by atoms with Crippen molar-refractivity contribution in [3.05, 3.63) is 0 Å². The summed E-state index contributed by atoms with van der Waals surface area (Å²) in [7, 11) is 0. The number of carboxylic acids is 2. The van der Waals surface area contributed by atoms with Crippen LogP contribution in [0.4, 0.5) is 0 Å². The van der Waals surface area contributed by atoms with Gasteiger partial charge in [0.05, 0.1) is 5.92 Å². The lowest BCUT2D eigenvalue weighted by atomic mass is 10.1. The first-order valence-electron chi connectivity index (χ1n) is 3.82. The van der Waals surface area contributed by atoms with Crippen LogP contribution in [0.15, 0.2) is 0 Å². The van der Waals surface area contributed by atoms with Crippen molar-refractivity contribution in [2.45, 2.75) is 20.3 Å². The normalized spacial score (nSPS) is 31.2. The smallest absolute Gasteiger partial charge is 0.307 e. The number of rotatable bonds is 3. The Bertz CT molecular complexity index is 231. The van der Waals surface area contributed by atoms with Crippen LogP contribution < -0.4 is 0 Å². The second-order valence-electron chi connectivity index (χ2n) is 3.84. The molecule has 1 fully saturated rings. The average molecular weight is 172 g/mol. The largest absolute Gasteiger partial charge is 0.481 e. The van der Waals surface area contributed by atoms with Gasteiger partial charge in [-0.05, 0) is 11.3 Å². The van der Waals surface area contributed by atoms with Gasteiger partial charge in [0.25, 0.3) is 0 Å². The fraction of sp³-hybridized carbons (Fsp3) is 0.750. The molecule has 0 aromatic rings. The maximum atomic E-state index is 10.6. The quantitative estimate of drug-likeness (QED) is 0.660. The molecule has 1 rings (SSSR count). The Hall–Kier alpha value is -1.06. The van der Waals surface area contributed by atoms with E-state index in [1.54, 1.807) is 13.8 Å². The van der Waals surface area contributed by atoms with Crippen LogP contribution in [0, 0.1) is 17.3 Å². The van der Waals surface area contributed by atoms with Crippen LogP contribution in [-0.4, -0.2) is 22.2 Å². The minimum Gasteiger partial charge on any atom is -0.481 e. The molecule has 4 nitrogen and oxygen atoms in total. The van der Waals surface area contributed by atoms with E-state index in [2.05, 4.69) is 0 Å². The van der Waals surface area contributed by atoms with E-state index in [1.807, 2.05) is 0 Å². The molecule has 0 aliphatic heterocycles. The molecule has 0 heterocycles. The van der Waals surface area contributed by atoms with Gasteiger partial charge in [-0.25, -0.2) is 0 Å². The summed E-state index contributed by atoms with van der Waals surface area (Å²) >= 11 is 0. The Morgan fingerprint density at radius 1 is 1.33 bits per heavy atom. The van der Waals surface area contributed by atoms with E-state index < -0.39 is 17.9 Å². The summed E-state index contributed by atoms with van der Waals surface area (Å²) in [6.45, 7) is 3.58. The van der Waals surface area contributed by atoms with Crippen molar-refractivity contribution in [2.75, 3.05) is 0 Å². The van der Waals surface area contributed by atoms with Crippen molar-refractivity contribution >= 4 is 11.9 Å². The van der Waals surface area contributed by atoms with Gasteiger partial charge in [-0.1, -0.05) is 13.8 Å². The Kier molecular flexibility index (Phi) is 1.86. The van der Waals surface area contributed by atoms with Crippen molar-refractivity contribution < 1.29 is 19.8 Å². The molecule has 1 aliphatic rings. The molecule has 0 unspecified atom stereocenters. The van der Waals surface area contributed by atoms with E-state index in [0.717, 1.165) is 0 Å². The summed E-state index contributed by atoms with van der Waals surface area (Å²) in [6, 6.07) is 0. The highest BCUT2D eigenvalue weighted by Gasteiger charge is 2.62. The van der Waals surface area contributed by atoms with Gasteiger partial charge in [-0.2, -0.15) is 0 Å². The second kappa shape index (κ2) is 2.47. The first-order valence-corrected chi connectivity index (χ1v) is 3.82. The number of carbonyl (C=O) groups is 2. The lowest BCUT2D eigenvalue weighted by Gasteiger charge is -1.97. The fourth-order valence-electron chi connectivity index (χ4n) is 1.80. The second-order valence-corrected chi connectivity index (χ2v) is 3.84. The molecule has 0 bridgehead atoms. The number of hydrogen-bond acceptors (Lipinski definition) is 2. The molecule has 4 heteroatoms. The SMILES string of the molecule is CC1(C)[C@H](CC(=O)O)[C@H]1C(=O)O. The number of carboxylic acid groups (broad SMARTS) is 2. The molecule has 12 heavy (non-hydrogen) atoms. The third-order valence-electron chi connectivity index (χ3n) is 2.71. The van der Waals surface area contributed by atoms with Gasteiger partial charge in [0.1, 0.15) is 0 Å². The fourth-order valence-corrected chi connectivity index (χ4v) is 1.80. The monoisotopic (exact) mass is 172 g/mol. The van der Waals surface area contributed by atoms with Crippen LogP contribution in [0.5, 0.6) is 0 Å². The van der Waals surface area contributed by atoms with E-state index >= 15 is 0 Å². The lowest BCUT2D eigenvalue weighted by Crippen LogP contribution is -2.03. The van der Waals surface area contributed by atoms with Gasteiger partial charge in [0.15, 0.2) is 0 Å². The molecule has 2 N–H and O–H groups in total. The van der Waals surface area contributed by atoms with Crippen LogP contribution in [0.2, 0.25) is 0 Å². The Morgan fingerprint density at radius 2 is 1.83 bits per heavy atom. The molecule has 0 amide bonds. The van der Waals surface area contributed by atoms with Gasteiger partial charge < -0.3 is 10.2 Å². The summed E-state index contributed by atoms with van der Waals surface area (Å²) < 4.78 is 0. The number of hydrogen-bond donors (Lipinski definition) is 2. The van der Waals surface area contributed by atoms with Crippen LogP contribution in [-0.2, 0) is 9.59 Å². The third-order valence-corrected chi connectivity index (χ3v) is 2.71. The standard InChI is InChI=1S/C8H12O4/c1-8(2)4(3-5(9)10)6(8)7(11)12/h4,6H,3H2,1-2H3,(H,9,10)(H,11,12)/t4-,6+/m1/s1. The molecule has 0 aromatic carbocycles. The average Bonchev–Trinajstić information content (AvgIpc) is 2.32. The summed E-state index contributed by atoms with van der Waals surface area (Å²) in [5, 5.41) is 17.1. The zero-order valence-corrected chi connectivity index (χ0v) is 7.07. The molecule has 0 aromatic heterocycles. The Morgan fingerprint density at radius 3 is 2.08 bits per heavy atom. The Balaban J connectivity index is 2.60. The summed E-state index contributed by atoms with van der Waals surface area (Å²) in [5.74, 6) is -2.48. The minimum atomic E-state index is -0.920. The van der Waals surface area contributed by atoms with Gasteiger partial charge in [0, 0.05) is 6.42 Å². The number of aliphatic carboxylic acids is 2. The van der Waals surface area contributed by atoms with E-state index in [1.165, 1.54) is 0 Å². The van der Waals surface area contributed by atoms with Crippen molar-refractivity contribution in [2.24, 2.45) is 17.3 Å². The van der Waals surface area contributed by atoms with Crippen molar-refractivity contribution in [3.63, 3.8) is 0 Å². The summed E-state index contributed by atoms with van der Waals surface area (Å²) in [4.78, 5) is 20.9. The molecule has 0 spiro atoms. The maximum absolute atomic E-state index is 10.6. The van der Waals surface area contributed by atoms with Gasteiger partial charge in [0.2, 0.25) is 0 Å².